The van der Waals surface area contributed by atoms with Crippen LogP contribution in [0.3, 0.4) is 0 Å². The molecule has 1 aromatic heterocycles. The number of amides is 1. The first-order chi connectivity index (χ1) is 17.0. The van der Waals surface area contributed by atoms with Crippen LogP contribution in [0.25, 0.3) is 11.4 Å². The molecule has 1 saturated heterocycles. The molecule has 0 N–H and O–H groups in total. The van der Waals surface area contributed by atoms with Crippen LogP contribution in [0.15, 0.2) is 47.0 Å². The molecule has 0 radical (unpaired) electrons. The van der Waals surface area contributed by atoms with Crippen molar-refractivity contribution < 1.29 is 23.5 Å². The average molecular weight is 481 g/mol. The van der Waals surface area contributed by atoms with Crippen molar-refractivity contribution in [2.24, 2.45) is 0 Å². The molecule has 3 aromatic rings. The number of rotatable bonds is 9. The van der Waals surface area contributed by atoms with Crippen molar-refractivity contribution in [3.63, 3.8) is 0 Å². The summed E-state index contributed by atoms with van der Waals surface area (Å²) in [5.74, 6) is 3.04. The maximum atomic E-state index is 12.9. The Morgan fingerprint density at radius 3 is 2.26 bits per heavy atom. The maximum absolute atomic E-state index is 12.9. The molecule has 1 unspecified atom stereocenters. The first-order valence-corrected chi connectivity index (χ1v) is 11.7. The largest absolute Gasteiger partial charge is 0.493 e. The van der Waals surface area contributed by atoms with Gasteiger partial charge in [-0.3, -0.25) is 9.69 Å². The number of carbonyl (C=O) groups is 1. The van der Waals surface area contributed by atoms with Gasteiger partial charge < -0.3 is 23.6 Å². The summed E-state index contributed by atoms with van der Waals surface area (Å²) in [6, 6.07) is 13.5. The van der Waals surface area contributed by atoms with Gasteiger partial charge >= 0.3 is 0 Å². The van der Waals surface area contributed by atoms with E-state index in [9.17, 15) is 4.79 Å². The van der Waals surface area contributed by atoms with Crippen LogP contribution in [0.2, 0.25) is 0 Å². The molecule has 9 heteroatoms. The van der Waals surface area contributed by atoms with E-state index in [-0.39, 0.29) is 11.9 Å². The van der Waals surface area contributed by atoms with Crippen molar-refractivity contribution in [2.75, 3.05) is 47.5 Å². The van der Waals surface area contributed by atoms with Crippen molar-refractivity contribution in [1.82, 2.24) is 19.9 Å². The fraction of sp³-hybridized carbons (Fsp3) is 0.423. The predicted molar refractivity (Wildman–Crippen MR) is 131 cm³/mol. The van der Waals surface area contributed by atoms with Gasteiger partial charge in [0.05, 0.1) is 27.4 Å². The third kappa shape index (κ3) is 5.57. The van der Waals surface area contributed by atoms with Gasteiger partial charge in [-0.15, -0.1) is 0 Å². The summed E-state index contributed by atoms with van der Waals surface area (Å²) in [6.07, 6.45) is 1.01. The fourth-order valence-electron chi connectivity index (χ4n) is 4.31. The zero-order valence-corrected chi connectivity index (χ0v) is 20.7. The third-order valence-electron chi connectivity index (χ3n) is 6.40. The number of aromatic nitrogens is 2. The Morgan fingerprint density at radius 2 is 1.66 bits per heavy atom. The minimum atomic E-state index is -0.0172. The number of nitrogens with zero attached hydrogens (tertiary/aromatic N) is 4. The lowest BCUT2D eigenvalue weighted by Gasteiger charge is -2.36. The summed E-state index contributed by atoms with van der Waals surface area (Å²) < 4.78 is 21.7. The Labute approximate surface area is 205 Å². The maximum Gasteiger partial charge on any atom is 0.244 e. The molecule has 0 spiro atoms. The zero-order chi connectivity index (χ0) is 24.8. The Morgan fingerprint density at radius 1 is 1.00 bits per heavy atom. The molecule has 0 bridgehead atoms. The minimum Gasteiger partial charge on any atom is -0.493 e. The zero-order valence-electron chi connectivity index (χ0n) is 20.7. The van der Waals surface area contributed by atoms with Crippen LogP contribution in [-0.4, -0.2) is 73.4 Å². The van der Waals surface area contributed by atoms with Gasteiger partial charge in [0.25, 0.3) is 0 Å². The van der Waals surface area contributed by atoms with Crippen LogP contribution in [0, 0.1) is 0 Å². The number of hydrogen-bond donors (Lipinski definition) is 0. The fourth-order valence-corrected chi connectivity index (χ4v) is 4.31. The summed E-state index contributed by atoms with van der Waals surface area (Å²) in [7, 11) is 4.75. The van der Waals surface area contributed by atoms with Crippen LogP contribution >= 0.6 is 0 Å². The normalized spacial score (nSPS) is 15.0. The van der Waals surface area contributed by atoms with Crippen molar-refractivity contribution in [2.45, 2.75) is 25.8 Å². The number of benzene rings is 2. The standard InChI is InChI=1S/C26H32N4O5/c1-18(26-27-25(28-35-26)20-8-6-5-7-9-20)29-12-14-30(15-13-29)23(31)11-10-19-16-21(32-2)24(34-4)22(17-19)33-3/h5-9,16-18H,10-15H2,1-4H3. The smallest absolute Gasteiger partial charge is 0.244 e. The average Bonchev–Trinajstić information content (AvgIpc) is 3.41. The van der Waals surface area contributed by atoms with Gasteiger partial charge in [-0.2, -0.15) is 4.98 Å². The second kappa shape index (κ2) is 11.2. The highest BCUT2D eigenvalue weighted by Crippen LogP contribution is 2.38. The third-order valence-corrected chi connectivity index (χ3v) is 6.40. The van der Waals surface area contributed by atoms with Gasteiger partial charge in [0, 0.05) is 38.2 Å². The summed E-state index contributed by atoms with van der Waals surface area (Å²) in [6.45, 7) is 4.89. The molecule has 2 aromatic carbocycles. The summed E-state index contributed by atoms with van der Waals surface area (Å²) in [4.78, 5) is 21.7. The molecule has 9 nitrogen and oxygen atoms in total. The molecular weight excluding hydrogens is 448 g/mol. The molecule has 1 atom stereocenters. The summed E-state index contributed by atoms with van der Waals surface area (Å²) in [5, 5.41) is 4.13. The second-order valence-corrected chi connectivity index (χ2v) is 8.45. The van der Waals surface area contributed by atoms with E-state index in [0.717, 1.165) is 24.2 Å². The topological polar surface area (TPSA) is 90.2 Å². The van der Waals surface area contributed by atoms with Crippen LogP contribution in [0.1, 0.15) is 30.8 Å². The van der Waals surface area contributed by atoms with E-state index < -0.39 is 0 Å². The Hall–Kier alpha value is -3.59. The minimum absolute atomic E-state index is 0.0172. The number of aryl methyl sites for hydroxylation is 1. The molecule has 4 rings (SSSR count). The highest BCUT2D eigenvalue weighted by Gasteiger charge is 2.28. The van der Waals surface area contributed by atoms with Crippen LogP contribution < -0.4 is 14.2 Å². The molecule has 1 aliphatic rings. The van der Waals surface area contributed by atoms with E-state index in [0.29, 0.717) is 54.9 Å². The second-order valence-electron chi connectivity index (χ2n) is 8.45. The van der Waals surface area contributed by atoms with Crippen LogP contribution in [0.5, 0.6) is 17.2 Å². The lowest BCUT2D eigenvalue weighted by atomic mass is 10.1. The quantitative estimate of drug-likeness (QED) is 0.459. The summed E-state index contributed by atoms with van der Waals surface area (Å²) in [5.41, 5.74) is 1.89. The van der Waals surface area contributed by atoms with Crippen molar-refractivity contribution in [3.05, 3.63) is 53.9 Å². The number of carbonyl (C=O) groups excluding carboxylic acids is 1. The van der Waals surface area contributed by atoms with E-state index in [1.807, 2.05) is 47.4 Å². The van der Waals surface area contributed by atoms with Crippen molar-refractivity contribution >= 4 is 5.91 Å². The molecule has 1 aliphatic heterocycles. The molecule has 35 heavy (non-hydrogen) atoms. The molecule has 186 valence electrons. The monoisotopic (exact) mass is 480 g/mol. The molecule has 2 heterocycles. The summed E-state index contributed by atoms with van der Waals surface area (Å²) >= 11 is 0. The van der Waals surface area contributed by atoms with E-state index >= 15 is 0 Å². The molecular formula is C26H32N4O5. The van der Waals surface area contributed by atoms with Crippen molar-refractivity contribution in [3.8, 4) is 28.6 Å². The lowest BCUT2D eigenvalue weighted by molar-refractivity contribution is -0.133. The van der Waals surface area contributed by atoms with Gasteiger partial charge in [-0.05, 0) is 31.0 Å². The number of piperazine rings is 1. The van der Waals surface area contributed by atoms with E-state index in [1.54, 1.807) is 21.3 Å². The van der Waals surface area contributed by atoms with E-state index in [2.05, 4.69) is 22.0 Å². The van der Waals surface area contributed by atoms with Gasteiger partial charge in [0.2, 0.25) is 23.4 Å². The molecule has 1 amide bonds. The van der Waals surface area contributed by atoms with Gasteiger partial charge in [-0.25, -0.2) is 0 Å². The van der Waals surface area contributed by atoms with E-state index in [1.165, 1.54) is 0 Å². The Balaban J connectivity index is 1.30. The van der Waals surface area contributed by atoms with E-state index in [4.69, 9.17) is 18.7 Å². The Bertz CT molecular complexity index is 1100. The number of hydrogen-bond acceptors (Lipinski definition) is 8. The molecule has 0 aliphatic carbocycles. The van der Waals surface area contributed by atoms with Gasteiger partial charge in [-0.1, -0.05) is 35.5 Å². The number of methoxy groups -OCH3 is 3. The van der Waals surface area contributed by atoms with Crippen LogP contribution in [-0.2, 0) is 11.2 Å². The first-order valence-electron chi connectivity index (χ1n) is 11.7. The predicted octanol–water partition coefficient (Wildman–Crippen LogP) is 3.60. The van der Waals surface area contributed by atoms with Crippen LogP contribution in [0.4, 0.5) is 0 Å². The van der Waals surface area contributed by atoms with Crippen molar-refractivity contribution in [1.29, 1.82) is 0 Å². The Kier molecular flexibility index (Phi) is 7.87. The molecule has 0 saturated carbocycles. The lowest BCUT2D eigenvalue weighted by Crippen LogP contribution is -2.49. The van der Waals surface area contributed by atoms with Gasteiger partial charge in [0.15, 0.2) is 11.5 Å². The SMILES string of the molecule is COc1cc(CCC(=O)N2CCN(C(C)c3nc(-c4ccccc4)no3)CC2)cc(OC)c1OC. The first kappa shape index (κ1) is 24.5. The highest BCUT2D eigenvalue weighted by atomic mass is 16.5. The highest BCUT2D eigenvalue weighted by molar-refractivity contribution is 5.76. The van der Waals surface area contributed by atoms with Gasteiger partial charge in [0.1, 0.15) is 0 Å². The number of ether oxygens (including phenoxy) is 3. The molecule has 1 fully saturated rings.